The van der Waals surface area contributed by atoms with Gasteiger partial charge in [-0.15, -0.1) is 0 Å². The molecular weight excluding hydrogens is 430 g/mol. The lowest BCUT2D eigenvalue weighted by Gasteiger charge is -2.26. The van der Waals surface area contributed by atoms with Gasteiger partial charge in [-0.2, -0.15) is 0 Å². The fourth-order valence-electron chi connectivity index (χ4n) is 5.05. The molecule has 0 spiro atoms. The van der Waals surface area contributed by atoms with Gasteiger partial charge in [0.1, 0.15) is 17.8 Å². The number of esters is 1. The maximum Gasteiger partial charge on any atom is 0.329 e. The highest BCUT2D eigenvalue weighted by molar-refractivity contribution is 5.92. The molecule has 0 unspecified atom stereocenters. The summed E-state index contributed by atoms with van der Waals surface area (Å²) < 4.78 is 15.6. The van der Waals surface area contributed by atoms with Crippen LogP contribution in [-0.4, -0.2) is 73.3 Å². The molecule has 4 rings (SSSR count). The molecule has 33 heavy (non-hydrogen) atoms. The number of nitro groups is 1. The molecule has 0 aliphatic carbocycles. The SMILES string of the molecule is COC(=O)[C@@H]1[C@H](c2ccccc2)[C@@H]([N+](=O)[O-])[C@H]2[C@H](Nc3ccc(OC)cc3)[C@@H](OC)C(=O)N21. The maximum atomic E-state index is 13.4. The van der Waals surface area contributed by atoms with Crippen LogP contribution in [0.2, 0.25) is 0 Å². The van der Waals surface area contributed by atoms with E-state index in [4.69, 9.17) is 14.2 Å². The molecule has 0 radical (unpaired) electrons. The van der Waals surface area contributed by atoms with Crippen LogP contribution in [0.3, 0.4) is 0 Å². The van der Waals surface area contributed by atoms with E-state index >= 15 is 0 Å². The topological polar surface area (TPSA) is 120 Å². The number of carbonyl (C=O) groups excluding carboxylic acids is 2. The number of fused-ring (bicyclic) bond motifs is 1. The second kappa shape index (κ2) is 9.07. The minimum Gasteiger partial charge on any atom is -0.497 e. The van der Waals surface area contributed by atoms with Crippen LogP contribution in [0.4, 0.5) is 5.69 Å². The molecule has 10 nitrogen and oxygen atoms in total. The summed E-state index contributed by atoms with van der Waals surface area (Å²) >= 11 is 0. The van der Waals surface area contributed by atoms with Gasteiger partial charge in [-0.05, 0) is 29.8 Å². The molecule has 0 bridgehead atoms. The van der Waals surface area contributed by atoms with Gasteiger partial charge in [-0.3, -0.25) is 14.9 Å². The summed E-state index contributed by atoms with van der Waals surface area (Å²) in [5.41, 5.74) is 1.23. The zero-order chi connectivity index (χ0) is 23.7. The predicted octanol–water partition coefficient (Wildman–Crippen LogP) is 1.69. The van der Waals surface area contributed by atoms with Gasteiger partial charge >= 0.3 is 5.97 Å². The van der Waals surface area contributed by atoms with Crippen molar-refractivity contribution in [3.05, 3.63) is 70.3 Å². The second-order valence-electron chi connectivity index (χ2n) is 7.97. The highest BCUT2D eigenvalue weighted by Crippen LogP contribution is 2.46. The van der Waals surface area contributed by atoms with Crippen LogP contribution in [0.25, 0.3) is 0 Å². The average Bonchev–Trinajstić information content (AvgIpc) is 3.32. The first-order valence-electron chi connectivity index (χ1n) is 10.4. The third-order valence-electron chi connectivity index (χ3n) is 6.42. The van der Waals surface area contributed by atoms with Crippen LogP contribution >= 0.6 is 0 Å². The highest BCUT2D eigenvalue weighted by atomic mass is 16.6. The maximum absolute atomic E-state index is 13.4. The first kappa shape index (κ1) is 22.5. The van der Waals surface area contributed by atoms with E-state index in [1.54, 1.807) is 61.7 Å². The van der Waals surface area contributed by atoms with Crippen molar-refractivity contribution in [3.8, 4) is 5.75 Å². The van der Waals surface area contributed by atoms with Crippen molar-refractivity contribution >= 4 is 17.6 Å². The molecule has 1 N–H and O–H groups in total. The van der Waals surface area contributed by atoms with E-state index in [1.807, 2.05) is 0 Å². The summed E-state index contributed by atoms with van der Waals surface area (Å²) in [6.45, 7) is 0. The van der Waals surface area contributed by atoms with Gasteiger partial charge in [-0.1, -0.05) is 30.3 Å². The minimum absolute atomic E-state index is 0.410. The van der Waals surface area contributed by atoms with Crippen molar-refractivity contribution in [1.82, 2.24) is 4.90 Å². The first-order chi connectivity index (χ1) is 15.9. The van der Waals surface area contributed by atoms with Gasteiger partial charge < -0.3 is 24.4 Å². The normalized spacial score (nSPS) is 28.3. The monoisotopic (exact) mass is 455 g/mol. The smallest absolute Gasteiger partial charge is 0.329 e. The van der Waals surface area contributed by atoms with Crippen molar-refractivity contribution in [3.63, 3.8) is 0 Å². The van der Waals surface area contributed by atoms with E-state index in [1.165, 1.54) is 19.1 Å². The summed E-state index contributed by atoms with van der Waals surface area (Å²) in [5, 5.41) is 15.6. The summed E-state index contributed by atoms with van der Waals surface area (Å²) in [7, 11) is 4.13. The van der Waals surface area contributed by atoms with Gasteiger partial charge in [0.25, 0.3) is 5.91 Å². The van der Waals surface area contributed by atoms with Gasteiger partial charge in [-0.25, -0.2) is 4.79 Å². The largest absolute Gasteiger partial charge is 0.497 e. The predicted molar refractivity (Wildman–Crippen MR) is 118 cm³/mol. The van der Waals surface area contributed by atoms with Crippen LogP contribution in [0, 0.1) is 10.1 Å². The number of hydrogen-bond acceptors (Lipinski definition) is 8. The molecule has 1 amide bonds. The number of anilines is 1. The van der Waals surface area contributed by atoms with Crippen molar-refractivity contribution in [2.75, 3.05) is 26.6 Å². The number of nitrogens with zero attached hydrogens (tertiary/aromatic N) is 2. The molecule has 174 valence electrons. The minimum atomic E-state index is -1.25. The van der Waals surface area contributed by atoms with Gasteiger partial charge in [0.2, 0.25) is 6.04 Å². The molecule has 6 atom stereocenters. The Morgan fingerprint density at radius 3 is 2.27 bits per heavy atom. The molecule has 2 saturated heterocycles. The molecule has 2 aliphatic heterocycles. The molecule has 2 aliphatic rings. The highest BCUT2D eigenvalue weighted by Gasteiger charge is 2.69. The Kier molecular flexibility index (Phi) is 6.19. The number of amides is 1. The van der Waals surface area contributed by atoms with Crippen molar-refractivity contribution in [2.45, 2.75) is 36.2 Å². The van der Waals surface area contributed by atoms with Crippen LogP contribution < -0.4 is 10.1 Å². The molecule has 2 heterocycles. The molecular formula is C23H25N3O7. The molecule has 2 aromatic rings. The van der Waals surface area contributed by atoms with Crippen LogP contribution in [0.5, 0.6) is 5.75 Å². The molecule has 10 heteroatoms. The Hall–Kier alpha value is -3.66. The number of carbonyl (C=O) groups is 2. The molecule has 2 aromatic carbocycles. The molecule has 0 saturated carbocycles. The summed E-state index contributed by atoms with van der Waals surface area (Å²) in [5.74, 6) is -1.42. The Bertz CT molecular complexity index is 1030. The number of ether oxygens (including phenoxy) is 3. The third-order valence-corrected chi connectivity index (χ3v) is 6.42. The summed E-state index contributed by atoms with van der Waals surface area (Å²) in [6, 6.07) is 11.6. The third kappa shape index (κ3) is 3.76. The van der Waals surface area contributed by atoms with E-state index in [0.29, 0.717) is 17.0 Å². The fraction of sp³-hybridized carbons (Fsp3) is 0.391. The lowest BCUT2D eigenvalue weighted by molar-refractivity contribution is -0.527. The van der Waals surface area contributed by atoms with Crippen LogP contribution in [-0.2, 0) is 19.1 Å². The number of nitrogens with one attached hydrogen (secondary N) is 1. The quantitative estimate of drug-likeness (QED) is 0.380. The lowest BCUT2D eigenvalue weighted by Crippen LogP contribution is -2.48. The molecule has 2 fully saturated rings. The van der Waals surface area contributed by atoms with E-state index in [-0.39, 0.29) is 0 Å². The van der Waals surface area contributed by atoms with E-state index < -0.39 is 53.0 Å². The molecule has 0 aromatic heterocycles. The first-order valence-corrected chi connectivity index (χ1v) is 10.4. The van der Waals surface area contributed by atoms with Gasteiger partial charge in [0.05, 0.1) is 26.2 Å². The Morgan fingerprint density at radius 1 is 1.06 bits per heavy atom. The van der Waals surface area contributed by atoms with Gasteiger partial charge in [0, 0.05) is 17.7 Å². The van der Waals surface area contributed by atoms with Crippen molar-refractivity contribution in [1.29, 1.82) is 0 Å². The van der Waals surface area contributed by atoms with E-state index in [2.05, 4.69) is 5.32 Å². The fourth-order valence-corrected chi connectivity index (χ4v) is 5.05. The zero-order valence-corrected chi connectivity index (χ0v) is 18.4. The van der Waals surface area contributed by atoms with E-state index in [9.17, 15) is 19.7 Å². The average molecular weight is 455 g/mol. The lowest BCUT2D eigenvalue weighted by atomic mass is 9.84. The van der Waals surface area contributed by atoms with Crippen LogP contribution in [0.1, 0.15) is 11.5 Å². The number of benzene rings is 2. The van der Waals surface area contributed by atoms with Gasteiger partial charge in [0.15, 0.2) is 6.10 Å². The Labute approximate surface area is 190 Å². The summed E-state index contributed by atoms with van der Waals surface area (Å²) in [6.07, 6.45) is -1.01. The van der Waals surface area contributed by atoms with Crippen molar-refractivity contribution in [2.24, 2.45) is 0 Å². The standard InChI is InChI=1S/C23H25N3O7/c1-31-15-11-9-14(10-12-15)24-17-20-18(26(29)30)16(13-7-5-4-6-8-13)19(23(28)33-3)25(20)22(27)21(17)32-2/h4-12,16-21,24H,1-3H3/t16-,17+,18-,19+,20-,21-/m1/s1. The number of methoxy groups -OCH3 is 3. The number of rotatable bonds is 7. The van der Waals surface area contributed by atoms with Crippen molar-refractivity contribution < 1.29 is 28.7 Å². The second-order valence-corrected chi connectivity index (χ2v) is 7.97. The zero-order valence-electron chi connectivity index (χ0n) is 18.4. The Morgan fingerprint density at radius 2 is 1.73 bits per heavy atom. The van der Waals surface area contributed by atoms with E-state index in [0.717, 1.165) is 0 Å². The van der Waals surface area contributed by atoms with Crippen LogP contribution in [0.15, 0.2) is 54.6 Å². The number of hydrogen-bond donors (Lipinski definition) is 1. The Balaban J connectivity index is 1.80. The summed E-state index contributed by atoms with van der Waals surface area (Å²) in [4.78, 5) is 39.5.